The lowest BCUT2D eigenvalue weighted by molar-refractivity contribution is -0.124. The zero-order valence-corrected chi connectivity index (χ0v) is 13.2. The average Bonchev–Trinajstić information content (AvgIpc) is 2.47. The molecule has 0 aromatic heterocycles. The van der Waals surface area contributed by atoms with Crippen molar-refractivity contribution in [1.82, 2.24) is 5.32 Å². The molecular formula is C16H23ClN2O2. The van der Waals surface area contributed by atoms with Crippen LogP contribution in [0.1, 0.15) is 50.6 Å². The van der Waals surface area contributed by atoms with Crippen molar-refractivity contribution in [2.24, 2.45) is 5.73 Å². The molecule has 0 radical (unpaired) electrons. The van der Waals surface area contributed by atoms with E-state index in [1.165, 1.54) is 19.3 Å². The van der Waals surface area contributed by atoms with Crippen LogP contribution in [0.4, 0.5) is 0 Å². The number of nitrogens with two attached hydrogens (primary N) is 1. The summed E-state index contributed by atoms with van der Waals surface area (Å²) in [5.74, 6) is 0.542. The molecule has 3 N–H and O–H groups in total. The van der Waals surface area contributed by atoms with Gasteiger partial charge in [-0.25, -0.2) is 0 Å². The van der Waals surface area contributed by atoms with Gasteiger partial charge in [0.05, 0.1) is 0 Å². The van der Waals surface area contributed by atoms with E-state index in [-0.39, 0.29) is 18.6 Å². The number of carbonyl (C=O) groups is 1. The van der Waals surface area contributed by atoms with E-state index >= 15 is 0 Å². The molecule has 1 amide bonds. The normalized spacial score (nSPS) is 17.3. The maximum atomic E-state index is 11.9. The summed E-state index contributed by atoms with van der Waals surface area (Å²) in [6.45, 7) is 1.87. The van der Waals surface area contributed by atoms with Crippen LogP contribution in [-0.2, 0) is 4.79 Å². The summed E-state index contributed by atoms with van der Waals surface area (Å²) in [5.41, 5.74) is 6.71. The number of carbonyl (C=O) groups excluding carboxylic acids is 1. The Morgan fingerprint density at radius 1 is 1.43 bits per heavy atom. The molecule has 0 heterocycles. The van der Waals surface area contributed by atoms with Gasteiger partial charge in [0.1, 0.15) is 5.75 Å². The quantitative estimate of drug-likeness (QED) is 0.878. The predicted octanol–water partition coefficient (Wildman–Crippen LogP) is 3.19. The zero-order valence-electron chi connectivity index (χ0n) is 12.4. The topological polar surface area (TPSA) is 64.3 Å². The third-order valence-corrected chi connectivity index (χ3v) is 4.03. The summed E-state index contributed by atoms with van der Waals surface area (Å²) in [4.78, 5) is 11.9. The Morgan fingerprint density at radius 2 is 2.14 bits per heavy atom. The molecule has 1 aromatic carbocycles. The maximum Gasteiger partial charge on any atom is 0.258 e. The first-order valence-corrected chi connectivity index (χ1v) is 7.91. The molecule has 0 aliphatic heterocycles. The fraction of sp³-hybridized carbons (Fsp3) is 0.562. The number of hydrogen-bond acceptors (Lipinski definition) is 3. The molecule has 4 nitrogen and oxygen atoms in total. The summed E-state index contributed by atoms with van der Waals surface area (Å²) in [6, 6.07) is 5.38. The maximum absolute atomic E-state index is 11.9. The van der Waals surface area contributed by atoms with Crippen molar-refractivity contribution in [2.75, 3.05) is 6.61 Å². The SMILES string of the molecule is CC(N)c1cc(Cl)ccc1OCC(=O)NC1CCCCC1. The van der Waals surface area contributed by atoms with Crippen molar-refractivity contribution in [3.8, 4) is 5.75 Å². The van der Waals surface area contributed by atoms with Crippen molar-refractivity contribution < 1.29 is 9.53 Å². The molecule has 0 spiro atoms. The van der Waals surface area contributed by atoms with Crippen molar-refractivity contribution in [1.29, 1.82) is 0 Å². The Labute approximate surface area is 131 Å². The summed E-state index contributed by atoms with van der Waals surface area (Å²) in [5, 5.41) is 3.64. The van der Waals surface area contributed by atoms with Gasteiger partial charge < -0.3 is 15.8 Å². The average molecular weight is 311 g/mol. The highest BCUT2D eigenvalue weighted by Gasteiger charge is 2.16. The summed E-state index contributed by atoms with van der Waals surface area (Å²) in [7, 11) is 0. The van der Waals surface area contributed by atoms with Crippen LogP contribution in [0.2, 0.25) is 5.02 Å². The van der Waals surface area contributed by atoms with Gasteiger partial charge in [0, 0.05) is 22.7 Å². The highest BCUT2D eigenvalue weighted by Crippen LogP contribution is 2.27. The molecule has 0 saturated heterocycles. The van der Waals surface area contributed by atoms with Gasteiger partial charge >= 0.3 is 0 Å². The minimum absolute atomic E-state index is 0.0118. The molecule has 116 valence electrons. The van der Waals surface area contributed by atoms with E-state index in [9.17, 15) is 4.79 Å². The minimum atomic E-state index is -0.194. The monoisotopic (exact) mass is 310 g/mol. The van der Waals surface area contributed by atoms with Gasteiger partial charge in [0.25, 0.3) is 5.91 Å². The smallest absolute Gasteiger partial charge is 0.258 e. The first-order chi connectivity index (χ1) is 10.1. The van der Waals surface area contributed by atoms with E-state index in [0.717, 1.165) is 18.4 Å². The first-order valence-electron chi connectivity index (χ1n) is 7.53. The molecule has 5 heteroatoms. The molecule has 2 rings (SSSR count). The molecule has 1 aliphatic rings. The number of benzene rings is 1. The molecule has 1 atom stereocenters. The van der Waals surface area contributed by atoms with Crippen molar-refractivity contribution in [2.45, 2.75) is 51.1 Å². The molecule has 0 bridgehead atoms. The number of rotatable bonds is 5. The second-order valence-electron chi connectivity index (χ2n) is 5.66. The van der Waals surface area contributed by atoms with Gasteiger partial charge in [-0.2, -0.15) is 0 Å². The summed E-state index contributed by atoms with van der Waals surface area (Å²) in [6.07, 6.45) is 5.79. The van der Waals surface area contributed by atoms with Crippen molar-refractivity contribution in [3.63, 3.8) is 0 Å². The van der Waals surface area contributed by atoms with Crippen LogP contribution in [-0.4, -0.2) is 18.6 Å². The van der Waals surface area contributed by atoms with Gasteiger partial charge in [-0.05, 0) is 38.0 Å². The van der Waals surface area contributed by atoms with E-state index in [4.69, 9.17) is 22.1 Å². The highest BCUT2D eigenvalue weighted by atomic mass is 35.5. The van der Waals surface area contributed by atoms with E-state index in [0.29, 0.717) is 16.8 Å². The lowest BCUT2D eigenvalue weighted by atomic mass is 9.95. The molecule has 1 fully saturated rings. The Balaban J connectivity index is 1.88. The van der Waals surface area contributed by atoms with Crippen LogP contribution in [0, 0.1) is 0 Å². The van der Waals surface area contributed by atoms with Crippen LogP contribution >= 0.6 is 11.6 Å². The number of ether oxygens (including phenoxy) is 1. The zero-order chi connectivity index (χ0) is 15.2. The second-order valence-corrected chi connectivity index (χ2v) is 6.10. The summed E-state index contributed by atoms with van der Waals surface area (Å²) < 4.78 is 5.61. The summed E-state index contributed by atoms with van der Waals surface area (Å²) >= 11 is 5.96. The van der Waals surface area contributed by atoms with Crippen molar-refractivity contribution >= 4 is 17.5 Å². The van der Waals surface area contributed by atoms with E-state index in [1.54, 1.807) is 18.2 Å². The van der Waals surface area contributed by atoms with Gasteiger partial charge in [-0.3, -0.25) is 4.79 Å². The van der Waals surface area contributed by atoms with Crippen molar-refractivity contribution in [3.05, 3.63) is 28.8 Å². The lowest BCUT2D eigenvalue weighted by Crippen LogP contribution is -2.39. The highest BCUT2D eigenvalue weighted by molar-refractivity contribution is 6.30. The number of amides is 1. The Bertz CT molecular complexity index is 485. The van der Waals surface area contributed by atoms with Crippen LogP contribution in [0.15, 0.2) is 18.2 Å². The van der Waals surface area contributed by atoms with Crippen LogP contribution in [0.3, 0.4) is 0 Å². The van der Waals surface area contributed by atoms with Crippen LogP contribution in [0.25, 0.3) is 0 Å². The first kappa shape index (κ1) is 16.1. The number of halogens is 1. The molecular weight excluding hydrogens is 288 g/mol. The Kier molecular flexibility index (Phi) is 5.88. The Hall–Kier alpha value is -1.26. The number of nitrogens with one attached hydrogen (secondary N) is 1. The largest absolute Gasteiger partial charge is 0.483 e. The fourth-order valence-electron chi connectivity index (χ4n) is 2.67. The minimum Gasteiger partial charge on any atom is -0.483 e. The lowest BCUT2D eigenvalue weighted by Gasteiger charge is -2.23. The third kappa shape index (κ3) is 4.90. The van der Waals surface area contributed by atoms with Gasteiger partial charge in [-0.1, -0.05) is 30.9 Å². The molecule has 1 saturated carbocycles. The predicted molar refractivity (Wildman–Crippen MR) is 84.6 cm³/mol. The molecule has 1 aromatic rings. The van der Waals surface area contributed by atoms with E-state index < -0.39 is 0 Å². The van der Waals surface area contributed by atoms with Gasteiger partial charge in [0.15, 0.2) is 6.61 Å². The Morgan fingerprint density at radius 3 is 2.81 bits per heavy atom. The van der Waals surface area contributed by atoms with E-state index in [2.05, 4.69) is 5.32 Å². The van der Waals surface area contributed by atoms with Crippen LogP contribution < -0.4 is 15.8 Å². The van der Waals surface area contributed by atoms with Gasteiger partial charge in [-0.15, -0.1) is 0 Å². The standard InChI is InChI=1S/C16H23ClN2O2/c1-11(18)14-9-12(17)7-8-15(14)21-10-16(20)19-13-5-3-2-4-6-13/h7-9,11,13H,2-6,10,18H2,1H3,(H,19,20). The fourth-order valence-corrected chi connectivity index (χ4v) is 2.85. The molecule has 21 heavy (non-hydrogen) atoms. The van der Waals surface area contributed by atoms with E-state index in [1.807, 2.05) is 6.92 Å². The third-order valence-electron chi connectivity index (χ3n) is 3.79. The van der Waals surface area contributed by atoms with Gasteiger partial charge in [0.2, 0.25) is 0 Å². The molecule has 1 unspecified atom stereocenters. The number of hydrogen-bond donors (Lipinski definition) is 2. The van der Waals surface area contributed by atoms with Crippen LogP contribution in [0.5, 0.6) is 5.75 Å². The molecule has 1 aliphatic carbocycles. The second kappa shape index (κ2) is 7.66.